The SMILES string of the molecule is CNC(=O)[C@H](C)N(Cc1ccccc1)C(=O)COc1ccc(C)cc1. The molecule has 2 amide bonds. The zero-order valence-electron chi connectivity index (χ0n) is 14.9. The summed E-state index contributed by atoms with van der Waals surface area (Å²) in [5.41, 5.74) is 2.08. The maximum atomic E-state index is 12.7. The van der Waals surface area contributed by atoms with Crippen LogP contribution in [-0.4, -0.2) is 36.4 Å². The third-order valence-electron chi connectivity index (χ3n) is 3.99. The van der Waals surface area contributed by atoms with Gasteiger partial charge in [0.25, 0.3) is 5.91 Å². The molecule has 0 radical (unpaired) electrons. The lowest BCUT2D eigenvalue weighted by atomic mass is 10.1. The van der Waals surface area contributed by atoms with Crippen LogP contribution in [0.5, 0.6) is 5.75 Å². The molecule has 0 aliphatic heterocycles. The highest BCUT2D eigenvalue weighted by atomic mass is 16.5. The molecule has 0 saturated heterocycles. The molecule has 0 saturated carbocycles. The summed E-state index contributed by atoms with van der Waals surface area (Å²) >= 11 is 0. The second-order valence-electron chi connectivity index (χ2n) is 5.90. The van der Waals surface area contributed by atoms with E-state index in [-0.39, 0.29) is 18.4 Å². The summed E-state index contributed by atoms with van der Waals surface area (Å²) in [6, 6.07) is 16.5. The Hall–Kier alpha value is -2.82. The van der Waals surface area contributed by atoms with Crippen molar-refractivity contribution in [2.45, 2.75) is 26.4 Å². The van der Waals surface area contributed by atoms with Gasteiger partial charge in [0.05, 0.1) is 0 Å². The van der Waals surface area contributed by atoms with Gasteiger partial charge in [0.1, 0.15) is 11.8 Å². The van der Waals surface area contributed by atoms with E-state index < -0.39 is 6.04 Å². The summed E-state index contributed by atoms with van der Waals surface area (Å²) in [6.45, 7) is 3.94. The molecule has 25 heavy (non-hydrogen) atoms. The molecule has 0 aliphatic rings. The van der Waals surface area contributed by atoms with Crippen LogP contribution in [0.15, 0.2) is 54.6 Å². The monoisotopic (exact) mass is 340 g/mol. The summed E-state index contributed by atoms with van der Waals surface area (Å²) in [7, 11) is 1.56. The molecule has 0 aromatic heterocycles. The smallest absolute Gasteiger partial charge is 0.261 e. The Balaban J connectivity index is 2.08. The molecule has 0 spiro atoms. The maximum absolute atomic E-state index is 12.7. The van der Waals surface area contributed by atoms with Crippen molar-refractivity contribution in [2.75, 3.05) is 13.7 Å². The number of amides is 2. The second kappa shape index (κ2) is 8.87. The molecule has 0 unspecified atom stereocenters. The summed E-state index contributed by atoms with van der Waals surface area (Å²) in [4.78, 5) is 26.2. The van der Waals surface area contributed by atoms with Crippen LogP contribution in [0.2, 0.25) is 0 Å². The van der Waals surface area contributed by atoms with Crippen molar-refractivity contribution in [1.29, 1.82) is 0 Å². The summed E-state index contributed by atoms with van der Waals surface area (Å²) < 4.78 is 5.58. The van der Waals surface area contributed by atoms with E-state index in [9.17, 15) is 9.59 Å². The molecular formula is C20H24N2O3. The van der Waals surface area contributed by atoms with Gasteiger partial charge in [-0.15, -0.1) is 0 Å². The fourth-order valence-electron chi connectivity index (χ4n) is 2.43. The number of nitrogens with zero attached hydrogens (tertiary/aromatic N) is 1. The summed E-state index contributed by atoms with van der Waals surface area (Å²) in [6.07, 6.45) is 0. The van der Waals surface area contributed by atoms with Gasteiger partial charge in [-0.1, -0.05) is 48.0 Å². The topological polar surface area (TPSA) is 58.6 Å². The van der Waals surface area contributed by atoms with Crippen LogP contribution in [-0.2, 0) is 16.1 Å². The van der Waals surface area contributed by atoms with E-state index in [2.05, 4.69) is 5.32 Å². The Kier molecular flexibility index (Phi) is 6.57. The van der Waals surface area contributed by atoms with Gasteiger partial charge in [0.2, 0.25) is 5.91 Å². The Morgan fingerprint density at radius 1 is 1.08 bits per heavy atom. The van der Waals surface area contributed by atoms with Crippen LogP contribution in [0.1, 0.15) is 18.1 Å². The maximum Gasteiger partial charge on any atom is 0.261 e. The number of nitrogens with one attached hydrogen (secondary N) is 1. The van der Waals surface area contributed by atoms with Crippen molar-refractivity contribution in [3.05, 3.63) is 65.7 Å². The van der Waals surface area contributed by atoms with Gasteiger partial charge in [0, 0.05) is 13.6 Å². The van der Waals surface area contributed by atoms with Crippen LogP contribution in [0.4, 0.5) is 0 Å². The minimum absolute atomic E-state index is 0.114. The number of ether oxygens (including phenoxy) is 1. The van der Waals surface area contributed by atoms with Gasteiger partial charge in [-0.05, 0) is 31.5 Å². The van der Waals surface area contributed by atoms with Gasteiger partial charge in [0.15, 0.2) is 6.61 Å². The molecule has 1 N–H and O–H groups in total. The van der Waals surface area contributed by atoms with Crippen molar-refractivity contribution < 1.29 is 14.3 Å². The van der Waals surface area contributed by atoms with Crippen LogP contribution in [0.3, 0.4) is 0 Å². The third-order valence-corrected chi connectivity index (χ3v) is 3.99. The lowest BCUT2D eigenvalue weighted by molar-refractivity contribution is -0.142. The molecule has 0 fully saturated rings. The molecule has 1 atom stereocenters. The number of aryl methyl sites for hydroxylation is 1. The Morgan fingerprint density at radius 3 is 2.32 bits per heavy atom. The lowest BCUT2D eigenvalue weighted by Gasteiger charge is -2.28. The van der Waals surface area contributed by atoms with Crippen molar-refractivity contribution in [2.24, 2.45) is 0 Å². The van der Waals surface area contributed by atoms with Gasteiger partial charge < -0.3 is 15.0 Å². The first-order valence-electron chi connectivity index (χ1n) is 8.25. The predicted molar refractivity (Wildman–Crippen MR) is 97.2 cm³/mol. The molecule has 2 aromatic carbocycles. The first-order valence-corrected chi connectivity index (χ1v) is 8.25. The average molecular weight is 340 g/mol. The molecule has 5 nitrogen and oxygen atoms in total. The first-order chi connectivity index (χ1) is 12.0. The van der Waals surface area contributed by atoms with Gasteiger partial charge in [-0.3, -0.25) is 9.59 Å². The molecule has 132 valence electrons. The zero-order chi connectivity index (χ0) is 18.2. The molecule has 2 aromatic rings. The van der Waals surface area contributed by atoms with E-state index in [0.717, 1.165) is 11.1 Å². The normalized spacial score (nSPS) is 11.5. The summed E-state index contributed by atoms with van der Waals surface area (Å²) in [5.74, 6) is 0.186. The number of rotatable bonds is 7. The molecular weight excluding hydrogens is 316 g/mol. The summed E-state index contributed by atoms with van der Waals surface area (Å²) in [5, 5.41) is 2.59. The van der Waals surface area contributed by atoms with E-state index in [4.69, 9.17) is 4.74 Å². The number of likely N-dealkylation sites (N-methyl/N-ethyl adjacent to an activating group) is 1. The Bertz CT molecular complexity index is 699. The van der Waals surface area contributed by atoms with Crippen LogP contribution in [0.25, 0.3) is 0 Å². The Labute approximate surface area is 148 Å². The predicted octanol–water partition coefficient (Wildman–Crippen LogP) is 2.54. The number of carbonyl (C=O) groups excluding carboxylic acids is 2. The molecule has 2 rings (SSSR count). The highest BCUT2D eigenvalue weighted by molar-refractivity contribution is 5.87. The number of hydrogen-bond donors (Lipinski definition) is 1. The van der Waals surface area contributed by atoms with E-state index in [1.165, 1.54) is 4.90 Å². The zero-order valence-corrected chi connectivity index (χ0v) is 14.9. The van der Waals surface area contributed by atoms with E-state index in [1.807, 2.05) is 61.5 Å². The Morgan fingerprint density at radius 2 is 1.72 bits per heavy atom. The highest BCUT2D eigenvalue weighted by Gasteiger charge is 2.25. The number of hydrogen-bond acceptors (Lipinski definition) is 3. The van der Waals surface area contributed by atoms with Gasteiger partial charge in [-0.25, -0.2) is 0 Å². The number of carbonyl (C=O) groups is 2. The van der Waals surface area contributed by atoms with Crippen LogP contribution in [0, 0.1) is 6.92 Å². The van der Waals surface area contributed by atoms with Crippen LogP contribution >= 0.6 is 0 Å². The quantitative estimate of drug-likeness (QED) is 0.843. The minimum Gasteiger partial charge on any atom is -0.484 e. The largest absolute Gasteiger partial charge is 0.484 e. The number of benzene rings is 2. The second-order valence-corrected chi connectivity index (χ2v) is 5.90. The van der Waals surface area contributed by atoms with Gasteiger partial charge >= 0.3 is 0 Å². The highest BCUT2D eigenvalue weighted by Crippen LogP contribution is 2.13. The average Bonchev–Trinajstić information content (AvgIpc) is 2.65. The van der Waals surface area contributed by atoms with Crippen molar-refractivity contribution >= 4 is 11.8 Å². The van der Waals surface area contributed by atoms with E-state index >= 15 is 0 Å². The first kappa shape index (κ1) is 18.5. The fraction of sp³-hybridized carbons (Fsp3) is 0.300. The van der Waals surface area contributed by atoms with E-state index in [1.54, 1.807) is 14.0 Å². The van der Waals surface area contributed by atoms with Crippen molar-refractivity contribution in [3.63, 3.8) is 0 Å². The standard InChI is InChI=1S/C20H24N2O3/c1-15-9-11-18(12-10-15)25-14-19(23)22(16(2)20(24)21-3)13-17-7-5-4-6-8-17/h4-12,16H,13-14H2,1-3H3,(H,21,24)/t16-/m0/s1. The van der Waals surface area contributed by atoms with Gasteiger partial charge in [-0.2, -0.15) is 0 Å². The molecule has 0 heterocycles. The van der Waals surface area contributed by atoms with Crippen molar-refractivity contribution in [1.82, 2.24) is 10.2 Å². The van der Waals surface area contributed by atoms with E-state index in [0.29, 0.717) is 12.3 Å². The lowest BCUT2D eigenvalue weighted by Crippen LogP contribution is -2.48. The molecule has 0 aliphatic carbocycles. The third kappa shape index (κ3) is 5.35. The van der Waals surface area contributed by atoms with Crippen LogP contribution < -0.4 is 10.1 Å². The minimum atomic E-state index is -0.584. The fourth-order valence-corrected chi connectivity index (χ4v) is 2.43. The molecule has 0 bridgehead atoms. The van der Waals surface area contributed by atoms with Crippen molar-refractivity contribution in [3.8, 4) is 5.75 Å². The molecule has 5 heteroatoms.